The van der Waals surface area contributed by atoms with Crippen molar-refractivity contribution in [3.8, 4) is 0 Å². The number of alkyl carbamates (subject to hydrolysis) is 1. The number of amides is 1. The highest BCUT2D eigenvalue weighted by atomic mass is 16.6. The highest BCUT2D eigenvalue weighted by Crippen LogP contribution is 2.07. The lowest BCUT2D eigenvalue weighted by atomic mass is 10.2. The van der Waals surface area contributed by atoms with Gasteiger partial charge in [-0.1, -0.05) is 19.2 Å². The topological polar surface area (TPSA) is 41.6 Å². The minimum Gasteiger partial charge on any atom is -0.444 e. The van der Waals surface area contributed by atoms with Crippen LogP contribution in [0.1, 0.15) is 34.1 Å². The van der Waals surface area contributed by atoms with Crippen LogP contribution < -0.4 is 5.32 Å². The number of rotatable bonds is 7. The van der Waals surface area contributed by atoms with E-state index in [1.165, 1.54) is 0 Å². The van der Waals surface area contributed by atoms with Gasteiger partial charge < -0.3 is 15.0 Å². The van der Waals surface area contributed by atoms with Crippen molar-refractivity contribution in [3.05, 3.63) is 37.2 Å². The number of ether oxygens (including phenoxy) is 1. The summed E-state index contributed by atoms with van der Waals surface area (Å²) < 4.78 is 5.15. The van der Waals surface area contributed by atoms with Gasteiger partial charge in [-0.15, -0.1) is 0 Å². The lowest BCUT2D eigenvalue weighted by molar-refractivity contribution is 0.0526. The Morgan fingerprint density at radius 1 is 1.37 bits per heavy atom. The van der Waals surface area contributed by atoms with Crippen molar-refractivity contribution < 1.29 is 9.53 Å². The molecule has 0 fully saturated rings. The fraction of sp³-hybridized carbons (Fsp3) is 0.533. The zero-order valence-corrected chi connectivity index (χ0v) is 12.5. The normalized spacial score (nSPS) is 11.7. The minimum atomic E-state index is -0.458. The van der Waals surface area contributed by atoms with Crippen LogP contribution >= 0.6 is 0 Å². The fourth-order valence-corrected chi connectivity index (χ4v) is 1.43. The van der Waals surface area contributed by atoms with Crippen molar-refractivity contribution >= 4 is 6.09 Å². The predicted octanol–water partition coefficient (Wildman–Crippen LogP) is 3.44. The molecule has 0 unspecified atom stereocenters. The van der Waals surface area contributed by atoms with Crippen LogP contribution in [-0.4, -0.2) is 29.7 Å². The van der Waals surface area contributed by atoms with Gasteiger partial charge in [-0.25, -0.2) is 4.79 Å². The SMILES string of the molecule is C=C/C=C(\C)N(C=C)CCCNC(=O)OC(C)(C)C. The van der Waals surface area contributed by atoms with Crippen molar-refractivity contribution in [2.45, 2.75) is 39.7 Å². The van der Waals surface area contributed by atoms with Gasteiger partial charge in [-0.3, -0.25) is 0 Å². The number of hydrogen-bond acceptors (Lipinski definition) is 3. The van der Waals surface area contributed by atoms with E-state index in [4.69, 9.17) is 4.74 Å². The first kappa shape index (κ1) is 17.3. The maximum absolute atomic E-state index is 11.4. The van der Waals surface area contributed by atoms with Crippen molar-refractivity contribution in [2.75, 3.05) is 13.1 Å². The molecule has 0 heterocycles. The van der Waals surface area contributed by atoms with Gasteiger partial charge in [-0.2, -0.15) is 0 Å². The van der Waals surface area contributed by atoms with Crippen molar-refractivity contribution in [2.24, 2.45) is 0 Å². The predicted molar refractivity (Wildman–Crippen MR) is 79.7 cm³/mol. The zero-order chi connectivity index (χ0) is 14.9. The van der Waals surface area contributed by atoms with E-state index >= 15 is 0 Å². The molecule has 0 aliphatic rings. The summed E-state index contributed by atoms with van der Waals surface area (Å²) >= 11 is 0. The molecule has 0 aromatic carbocycles. The molecule has 0 aliphatic carbocycles. The van der Waals surface area contributed by atoms with E-state index in [0.29, 0.717) is 6.54 Å². The Hall–Kier alpha value is -1.71. The lowest BCUT2D eigenvalue weighted by Crippen LogP contribution is -2.33. The molecule has 0 saturated heterocycles. The Balaban J connectivity index is 3.96. The quantitative estimate of drug-likeness (QED) is 0.567. The monoisotopic (exact) mass is 266 g/mol. The van der Waals surface area contributed by atoms with E-state index in [2.05, 4.69) is 18.5 Å². The second-order valence-corrected chi connectivity index (χ2v) is 5.20. The first-order valence-corrected chi connectivity index (χ1v) is 6.45. The summed E-state index contributed by atoms with van der Waals surface area (Å²) in [6.45, 7) is 16.3. The molecule has 0 aromatic rings. The Morgan fingerprint density at radius 3 is 2.47 bits per heavy atom. The molecular formula is C15H26N2O2. The highest BCUT2D eigenvalue weighted by molar-refractivity contribution is 5.67. The average molecular weight is 266 g/mol. The van der Waals surface area contributed by atoms with Crippen LogP contribution in [0.25, 0.3) is 0 Å². The maximum Gasteiger partial charge on any atom is 0.407 e. The van der Waals surface area contributed by atoms with E-state index in [1.54, 1.807) is 12.3 Å². The molecule has 0 spiro atoms. The summed E-state index contributed by atoms with van der Waals surface area (Å²) in [5.74, 6) is 0. The summed E-state index contributed by atoms with van der Waals surface area (Å²) in [5, 5.41) is 2.73. The van der Waals surface area contributed by atoms with Gasteiger partial charge in [-0.05, 0) is 46.4 Å². The van der Waals surface area contributed by atoms with Gasteiger partial charge in [0.25, 0.3) is 0 Å². The van der Waals surface area contributed by atoms with Gasteiger partial charge in [0.2, 0.25) is 0 Å². The molecule has 1 amide bonds. The Kier molecular flexibility index (Phi) is 7.65. The Labute approximate surface area is 116 Å². The van der Waals surface area contributed by atoms with Gasteiger partial charge in [0.1, 0.15) is 5.60 Å². The van der Waals surface area contributed by atoms with Gasteiger partial charge in [0.15, 0.2) is 0 Å². The molecule has 108 valence electrons. The van der Waals surface area contributed by atoms with Crippen LogP contribution in [0.3, 0.4) is 0 Å². The van der Waals surface area contributed by atoms with Gasteiger partial charge in [0.05, 0.1) is 0 Å². The number of nitrogens with zero attached hydrogens (tertiary/aromatic N) is 1. The third-order valence-electron chi connectivity index (χ3n) is 2.28. The molecule has 4 heteroatoms. The molecule has 0 radical (unpaired) electrons. The first-order valence-electron chi connectivity index (χ1n) is 6.45. The Bertz CT molecular complexity index is 341. The van der Waals surface area contributed by atoms with Crippen LogP contribution in [0.4, 0.5) is 4.79 Å². The van der Waals surface area contributed by atoms with E-state index in [-0.39, 0.29) is 6.09 Å². The smallest absolute Gasteiger partial charge is 0.407 e. The molecule has 4 nitrogen and oxygen atoms in total. The van der Waals surface area contributed by atoms with Crippen LogP contribution in [0.2, 0.25) is 0 Å². The number of hydrogen-bond donors (Lipinski definition) is 1. The number of nitrogens with one attached hydrogen (secondary N) is 1. The second-order valence-electron chi connectivity index (χ2n) is 5.20. The largest absolute Gasteiger partial charge is 0.444 e. The van der Waals surface area contributed by atoms with E-state index in [0.717, 1.165) is 18.7 Å². The van der Waals surface area contributed by atoms with Crippen molar-refractivity contribution in [3.63, 3.8) is 0 Å². The number of carbonyl (C=O) groups is 1. The zero-order valence-electron chi connectivity index (χ0n) is 12.5. The molecule has 0 saturated carbocycles. The highest BCUT2D eigenvalue weighted by Gasteiger charge is 2.15. The molecule has 0 bridgehead atoms. The minimum absolute atomic E-state index is 0.379. The number of carbonyl (C=O) groups excluding carboxylic acids is 1. The Morgan fingerprint density at radius 2 is 2.00 bits per heavy atom. The standard InChI is InChI=1S/C15H26N2O2/c1-7-10-13(3)17(8-2)12-9-11-16-14(18)19-15(4,5)6/h7-8,10H,1-2,9,11-12H2,3-6H3,(H,16,18)/b13-10+. The average Bonchev–Trinajstić information content (AvgIpc) is 2.27. The maximum atomic E-state index is 11.4. The van der Waals surface area contributed by atoms with E-state index in [9.17, 15) is 4.79 Å². The molecule has 0 aromatic heterocycles. The van der Waals surface area contributed by atoms with Crippen molar-refractivity contribution in [1.82, 2.24) is 10.2 Å². The van der Waals surface area contributed by atoms with Gasteiger partial charge >= 0.3 is 6.09 Å². The molecule has 0 atom stereocenters. The van der Waals surface area contributed by atoms with Crippen molar-refractivity contribution in [1.29, 1.82) is 0 Å². The first-order chi connectivity index (χ1) is 8.80. The second kappa shape index (κ2) is 8.40. The van der Waals surface area contributed by atoms with E-state index in [1.807, 2.05) is 38.7 Å². The lowest BCUT2D eigenvalue weighted by Gasteiger charge is -2.22. The summed E-state index contributed by atoms with van der Waals surface area (Å²) in [7, 11) is 0. The number of allylic oxidation sites excluding steroid dienone is 3. The third kappa shape index (κ3) is 8.94. The molecule has 19 heavy (non-hydrogen) atoms. The van der Waals surface area contributed by atoms with Crippen LogP contribution in [0.5, 0.6) is 0 Å². The van der Waals surface area contributed by atoms with Crippen LogP contribution in [0, 0.1) is 0 Å². The van der Waals surface area contributed by atoms with E-state index < -0.39 is 5.60 Å². The molecular weight excluding hydrogens is 240 g/mol. The molecule has 1 N–H and O–H groups in total. The van der Waals surface area contributed by atoms with Crippen LogP contribution in [0.15, 0.2) is 37.2 Å². The molecule has 0 aliphatic heterocycles. The summed E-state index contributed by atoms with van der Waals surface area (Å²) in [6, 6.07) is 0. The fourth-order valence-electron chi connectivity index (χ4n) is 1.43. The van der Waals surface area contributed by atoms with Gasteiger partial charge in [0, 0.05) is 18.8 Å². The summed E-state index contributed by atoms with van der Waals surface area (Å²) in [6.07, 6.45) is 5.86. The van der Waals surface area contributed by atoms with Crippen LogP contribution in [-0.2, 0) is 4.74 Å². The summed E-state index contributed by atoms with van der Waals surface area (Å²) in [4.78, 5) is 13.4. The summed E-state index contributed by atoms with van der Waals surface area (Å²) in [5.41, 5.74) is 0.614. The third-order valence-corrected chi connectivity index (χ3v) is 2.28. The molecule has 0 rings (SSSR count).